The van der Waals surface area contributed by atoms with Crippen molar-refractivity contribution in [3.63, 3.8) is 0 Å². The van der Waals surface area contributed by atoms with Gasteiger partial charge in [0.25, 0.3) is 0 Å². The number of nitrogens with two attached hydrogens (primary N) is 1. The van der Waals surface area contributed by atoms with Gasteiger partial charge in [-0.05, 0) is 43.7 Å². The quantitative estimate of drug-likeness (QED) is 0.903. The molecule has 19 heavy (non-hydrogen) atoms. The molecule has 1 aromatic carbocycles. The maximum absolute atomic E-state index is 11.2. The van der Waals surface area contributed by atoms with Crippen LogP contribution < -0.4 is 11.1 Å². The minimum absolute atomic E-state index is 0.338. The summed E-state index contributed by atoms with van der Waals surface area (Å²) in [4.78, 5) is 13.8. The summed E-state index contributed by atoms with van der Waals surface area (Å²) in [7, 11) is 0. The van der Waals surface area contributed by atoms with Gasteiger partial charge in [-0.2, -0.15) is 0 Å². The third kappa shape index (κ3) is 3.28. The fourth-order valence-electron chi connectivity index (χ4n) is 1.88. The molecule has 0 aliphatic heterocycles. The number of carbonyl (C=O) groups excluding carboxylic acids is 1. The van der Waals surface area contributed by atoms with Crippen LogP contribution in [-0.4, -0.2) is 5.91 Å². The number of hydrogen-bond acceptors (Lipinski definition) is 3. The Morgan fingerprint density at radius 2 is 2.11 bits per heavy atom. The van der Waals surface area contributed by atoms with Crippen LogP contribution >= 0.6 is 22.9 Å². The smallest absolute Gasteiger partial charge is 0.250 e. The number of aryl methyl sites for hydroxylation is 2. The van der Waals surface area contributed by atoms with Crippen molar-refractivity contribution in [2.75, 3.05) is 5.32 Å². The second-order valence-electron chi connectivity index (χ2n) is 4.35. The molecule has 1 amide bonds. The topological polar surface area (TPSA) is 55.1 Å². The van der Waals surface area contributed by atoms with Crippen LogP contribution in [0.2, 0.25) is 5.02 Å². The molecular formula is C14H15ClN2OS. The molecule has 1 heterocycles. The SMILES string of the molecule is Cc1cc(CNc2ccc(Cl)c(C(N)=O)c2)c(C)s1. The Morgan fingerprint density at radius 3 is 2.68 bits per heavy atom. The number of rotatable bonds is 4. The Labute approximate surface area is 121 Å². The number of thiophene rings is 1. The van der Waals surface area contributed by atoms with E-state index < -0.39 is 5.91 Å². The van der Waals surface area contributed by atoms with Crippen LogP contribution in [-0.2, 0) is 6.54 Å². The Morgan fingerprint density at radius 1 is 1.37 bits per heavy atom. The number of nitrogens with one attached hydrogen (secondary N) is 1. The van der Waals surface area contributed by atoms with Gasteiger partial charge in [-0.3, -0.25) is 4.79 Å². The van der Waals surface area contributed by atoms with Gasteiger partial charge in [-0.1, -0.05) is 11.6 Å². The molecule has 5 heteroatoms. The summed E-state index contributed by atoms with van der Waals surface area (Å²) in [6.07, 6.45) is 0. The second-order valence-corrected chi connectivity index (χ2v) is 6.22. The summed E-state index contributed by atoms with van der Waals surface area (Å²) in [5.74, 6) is -0.517. The first-order chi connectivity index (χ1) is 8.97. The molecular weight excluding hydrogens is 280 g/mol. The third-order valence-electron chi connectivity index (χ3n) is 2.86. The van der Waals surface area contributed by atoms with Crippen molar-refractivity contribution < 1.29 is 4.79 Å². The van der Waals surface area contributed by atoms with E-state index in [0.717, 1.165) is 12.2 Å². The largest absolute Gasteiger partial charge is 0.381 e. The molecule has 0 saturated heterocycles. The van der Waals surface area contributed by atoms with Gasteiger partial charge < -0.3 is 11.1 Å². The highest BCUT2D eigenvalue weighted by molar-refractivity contribution is 7.12. The van der Waals surface area contributed by atoms with Crippen molar-refractivity contribution in [1.29, 1.82) is 0 Å². The summed E-state index contributed by atoms with van der Waals surface area (Å²) in [6.45, 7) is 4.91. The first kappa shape index (κ1) is 13.9. The molecule has 3 nitrogen and oxygen atoms in total. The third-order valence-corrected chi connectivity index (χ3v) is 4.20. The van der Waals surface area contributed by atoms with Gasteiger partial charge in [0.1, 0.15) is 0 Å². The van der Waals surface area contributed by atoms with E-state index in [1.807, 2.05) is 6.07 Å². The predicted octanol–water partition coefficient (Wildman–Crippen LogP) is 3.73. The lowest BCUT2D eigenvalue weighted by molar-refractivity contribution is 0.100. The highest BCUT2D eigenvalue weighted by atomic mass is 35.5. The van der Waals surface area contributed by atoms with Crippen LogP contribution in [0.5, 0.6) is 0 Å². The zero-order chi connectivity index (χ0) is 14.0. The summed E-state index contributed by atoms with van der Waals surface area (Å²) in [6, 6.07) is 7.36. The van der Waals surface area contributed by atoms with Gasteiger partial charge in [0.05, 0.1) is 10.6 Å². The van der Waals surface area contributed by atoms with Crippen molar-refractivity contribution in [2.45, 2.75) is 20.4 Å². The van der Waals surface area contributed by atoms with Crippen LogP contribution in [0.1, 0.15) is 25.7 Å². The zero-order valence-corrected chi connectivity index (χ0v) is 12.4. The summed E-state index contributed by atoms with van der Waals surface area (Å²) in [5.41, 5.74) is 7.70. The van der Waals surface area contributed by atoms with Gasteiger partial charge >= 0.3 is 0 Å². The Hall–Kier alpha value is -1.52. The summed E-state index contributed by atoms with van der Waals surface area (Å²) < 4.78 is 0. The first-order valence-electron chi connectivity index (χ1n) is 5.86. The second kappa shape index (κ2) is 5.63. The van der Waals surface area contributed by atoms with Crippen LogP contribution in [0.4, 0.5) is 5.69 Å². The fourth-order valence-corrected chi connectivity index (χ4v) is 3.04. The number of halogens is 1. The van der Waals surface area contributed by atoms with Gasteiger partial charge in [-0.25, -0.2) is 0 Å². The number of amides is 1. The molecule has 0 spiro atoms. The Bertz CT molecular complexity index is 622. The molecule has 2 aromatic rings. The van der Waals surface area contributed by atoms with Gasteiger partial charge in [0.2, 0.25) is 5.91 Å². The zero-order valence-electron chi connectivity index (χ0n) is 10.8. The van der Waals surface area contributed by atoms with E-state index in [1.165, 1.54) is 15.3 Å². The van der Waals surface area contributed by atoms with E-state index in [0.29, 0.717) is 10.6 Å². The van der Waals surface area contributed by atoms with E-state index in [4.69, 9.17) is 17.3 Å². The maximum Gasteiger partial charge on any atom is 0.250 e. The van der Waals surface area contributed by atoms with E-state index in [-0.39, 0.29) is 0 Å². The summed E-state index contributed by atoms with van der Waals surface area (Å²) >= 11 is 7.69. The minimum atomic E-state index is -0.517. The molecule has 0 unspecified atom stereocenters. The lowest BCUT2D eigenvalue weighted by Crippen LogP contribution is -2.12. The average molecular weight is 295 g/mol. The Kier molecular flexibility index (Phi) is 4.12. The molecule has 0 saturated carbocycles. The highest BCUT2D eigenvalue weighted by Crippen LogP contribution is 2.23. The lowest BCUT2D eigenvalue weighted by atomic mass is 10.2. The molecule has 0 aliphatic carbocycles. The molecule has 2 rings (SSSR count). The predicted molar refractivity (Wildman–Crippen MR) is 81.1 cm³/mol. The van der Waals surface area contributed by atoms with Gasteiger partial charge in [-0.15, -0.1) is 11.3 Å². The number of primary amides is 1. The first-order valence-corrected chi connectivity index (χ1v) is 7.06. The Balaban J connectivity index is 2.14. The highest BCUT2D eigenvalue weighted by Gasteiger charge is 2.08. The van der Waals surface area contributed by atoms with Gasteiger partial charge in [0, 0.05) is 22.0 Å². The number of carbonyl (C=O) groups is 1. The van der Waals surface area contributed by atoms with Crippen molar-refractivity contribution in [2.24, 2.45) is 5.73 Å². The van der Waals surface area contributed by atoms with Crippen molar-refractivity contribution in [3.05, 3.63) is 50.2 Å². The van der Waals surface area contributed by atoms with Crippen LogP contribution in [0.3, 0.4) is 0 Å². The standard InChI is InChI=1S/C14H15ClN2OS/c1-8-5-10(9(2)19-8)7-17-11-3-4-13(15)12(6-11)14(16)18/h3-6,17H,7H2,1-2H3,(H2,16,18). The van der Waals surface area contributed by atoms with Crippen LogP contribution in [0, 0.1) is 13.8 Å². The molecule has 3 N–H and O–H groups in total. The fraction of sp³-hybridized carbons (Fsp3) is 0.214. The molecule has 1 aromatic heterocycles. The van der Waals surface area contributed by atoms with Crippen LogP contribution in [0.25, 0.3) is 0 Å². The average Bonchev–Trinajstić information content (AvgIpc) is 2.66. The van der Waals surface area contributed by atoms with Crippen molar-refractivity contribution >= 4 is 34.5 Å². The molecule has 0 bridgehead atoms. The molecule has 0 fully saturated rings. The summed E-state index contributed by atoms with van der Waals surface area (Å²) in [5, 5.41) is 3.65. The number of hydrogen-bond donors (Lipinski definition) is 2. The monoisotopic (exact) mass is 294 g/mol. The number of benzene rings is 1. The van der Waals surface area contributed by atoms with Gasteiger partial charge in [0.15, 0.2) is 0 Å². The van der Waals surface area contributed by atoms with E-state index >= 15 is 0 Å². The van der Waals surface area contributed by atoms with Crippen LogP contribution in [0.15, 0.2) is 24.3 Å². The van der Waals surface area contributed by atoms with E-state index in [9.17, 15) is 4.79 Å². The van der Waals surface area contributed by atoms with E-state index in [2.05, 4.69) is 25.2 Å². The van der Waals surface area contributed by atoms with E-state index in [1.54, 1.807) is 23.5 Å². The number of anilines is 1. The normalized spacial score (nSPS) is 10.5. The molecule has 100 valence electrons. The molecule has 0 radical (unpaired) electrons. The van der Waals surface area contributed by atoms with Crippen molar-refractivity contribution in [3.8, 4) is 0 Å². The lowest BCUT2D eigenvalue weighted by Gasteiger charge is -2.08. The molecule has 0 aliphatic rings. The minimum Gasteiger partial charge on any atom is -0.381 e. The van der Waals surface area contributed by atoms with Crippen molar-refractivity contribution in [1.82, 2.24) is 0 Å². The molecule has 0 atom stereocenters. The maximum atomic E-state index is 11.2.